The first kappa shape index (κ1) is 15.1. The van der Waals surface area contributed by atoms with Gasteiger partial charge in [-0.05, 0) is 42.8 Å². The second-order valence-electron chi connectivity index (χ2n) is 4.50. The average molecular weight is 310 g/mol. The minimum atomic E-state index is -4.01. The van der Waals surface area contributed by atoms with E-state index in [-0.39, 0.29) is 22.0 Å². The van der Waals surface area contributed by atoms with E-state index >= 15 is 0 Å². The maximum Gasteiger partial charge on any atom is 0.265 e. The van der Waals surface area contributed by atoms with Crippen LogP contribution in [0.3, 0.4) is 0 Å². The minimum absolute atomic E-state index is 0.125. The lowest BCUT2D eigenvalue weighted by molar-refractivity contribution is 0.403. The zero-order valence-electron chi connectivity index (χ0n) is 11.6. The molecule has 0 atom stereocenters. The molecule has 0 amide bonds. The summed E-state index contributed by atoms with van der Waals surface area (Å²) in [5.41, 5.74) is 6.47. The summed E-state index contributed by atoms with van der Waals surface area (Å²) in [7, 11) is -2.67. The highest BCUT2D eigenvalue weighted by Crippen LogP contribution is 2.28. The number of ether oxygens (including phenoxy) is 1. The molecule has 0 aromatic heterocycles. The number of nitrogens with two attached hydrogens (primary N) is 1. The van der Waals surface area contributed by atoms with Crippen molar-refractivity contribution >= 4 is 21.4 Å². The largest absolute Gasteiger partial charge is 0.495 e. The number of hydrogen-bond acceptors (Lipinski definition) is 4. The number of hydrogen-bond donors (Lipinski definition) is 2. The van der Waals surface area contributed by atoms with Gasteiger partial charge in [-0.2, -0.15) is 0 Å². The molecule has 3 N–H and O–H groups in total. The highest BCUT2D eigenvalue weighted by molar-refractivity contribution is 7.92. The molecular weight excluding hydrogens is 295 g/mol. The van der Waals surface area contributed by atoms with Crippen LogP contribution in [-0.4, -0.2) is 15.5 Å². The molecule has 2 rings (SSSR count). The maximum absolute atomic E-state index is 13.7. The first-order valence-electron chi connectivity index (χ1n) is 6.06. The molecular formula is C14H15FN2O3S. The summed E-state index contributed by atoms with van der Waals surface area (Å²) >= 11 is 0. The molecule has 0 spiro atoms. The lowest BCUT2D eigenvalue weighted by Crippen LogP contribution is -2.15. The van der Waals surface area contributed by atoms with E-state index in [1.165, 1.54) is 37.4 Å². The van der Waals surface area contributed by atoms with E-state index in [9.17, 15) is 12.8 Å². The molecule has 0 saturated carbocycles. The van der Waals surface area contributed by atoms with E-state index in [0.717, 1.165) is 5.56 Å². The predicted octanol–water partition coefficient (Wildman–Crippen LogP) is 2.53. The molecule has 0 heterocycles. The molecule has 2 aromatic carbocycles. The number of anilines is 2. The number of benzene rings is 2. The lowest BCUT2D eigenvalue weighted by atomic mass is 10.2. The Morgan fingerprint density at radius 3 is 2.57 bits per heavy atom. The van der Waals surface area contributed by atoms with Crippen LogP contribution in [0.1, 0.15) is 5.56 Å². The lowest BCUT2D eigenvalue weighted by Gasteiger charge is -2.13. The Labute approximate surface area is 122 Å². The van der Waals surface area contributed by atoms with Gasteiger partial charge >= 0.3 is 0 Å². The van der Waals surface area contributed by atoms with E-state index in [1.54, 1.807) is 13.0 Å². The van der Waals surface area contributed by atoms with Crippen molar-refractivity contribution in [3.8, 4) is 5.75 Å². The number of aryl methyl sites for hydroxylation is 1. The van der Waals surface area contributed by atoms with Gasteiger partial charge < -0.3 is 10.5 Å². The summed E-state index contributed by atoms with van der Waals surface area (Å²) in [4.78, 5) is -0.147. The van der Waals surface area contributed by atoms with Crippen LogP contribution < -0.4 is 15.2 Å². The Bertz CT molecular complexity index is 776. The van der Waals surface area contributed by atoms with Gasteiger partial charge in [0.05, 0.1) is 12.8 Å². The molecule has 7 heteroatoms. The zero-order chi connectivity index (χ0) is 15.6. The maximum atomic E-state index is 13.7. The number of halogens is 1. The van der Waals surface area contributed by atoms with Gasteiger partial charge in [0.1, 0.15) is 16.5 Å². The molecule has 21 heavy (non-hydrogen) atoms. The summed E-state index contributed by atoms with van der Waals surface area (Å²) in [6.07, 6.45) is 0. The van der Waals surface area contributed by atoms with Gasteiger partial charge in [0.2, 0.25) is 0 Å². The second kappa shape index (κ2) is 5.61. The fourth-order valence-electron chi connectivity index (χ4n) is 1.82. The Morgan fingerprint density at radius 1 is 1.19 bits per heavy atom. The third-order valence-corrected chi connectivity index (χ3v) is 4.23. The molecule has 0 aliphatic carbocycles. The van der Waals surface area contributed by atoms with Crippen molar-refractivity contribution in [2.45, 2.75) is 11.8 Å². The van der Waals surface area contributed by atoms with Crippen LogP contribution in [0.5, 0.6) is 5.75 Å². The first-order valence-corrected chi connectivity index (χ1v) is 7.54. The van der Waals surface area contributed by atoms with Gasteiger partial charge in [0, 0.05) is 5.69 Å². The van der Waals surface area contributed by atoms with Gasteiger partial charge in [0.25, 0.3) is 10.0 Å². The van der Waals surface area contributed by atoms with Crippen molar-refractivity contribution in [1.82, 2.24) is 0 Å². The van der Waals surface area contributed by atoms with E-state index < -0.39 is 15.8 Å². The van der Waals surface area contributed by atoms with Gasteiger partial charge in [0.15, 0.2) is 0 Å². The summed E-state index contributed by atoms with van der Waals surface area (Å²) in [5, 5.41) is 0. The van der Waals surface area contributed by atoms with Gasteiger partial charge in [-0.3, -0.25) is 4.72 Å². The molecule has 0 aliphatic rings. The van der Waals surface area contributed by atoms with Gasteiger partial charge in [-0.15, -0.1) is 0 Å². The smallest absolute Gasteiger partial charge is 0.265 e. The third kappa shape index (κ3) is 3.25. The molecule has 0 radical (unpaired) electrons. The molecule has 5 nitrogen and oxygen atoms in total. The monoisotopic (exact) mass is 310 g/mol. The van der Waals surface area contributed by atoms with Crippen molar-refractivity contribution in [2.75, 3.05) is 17.6 Å². The van der Waals surface area contributed by atoms with Gasteiger partial charge in [-0.25, -0.2) is 12.8 Å². The van der Waals surface area contributed by atoms with E-state index in [2.05, 4.69) is 4.72 Å². The molecule has 0 aliphatic heterocycles. The fourth-order valence-corrected chi connectivity index (χ4v) is 3.08. The molecule has 0 saturated heterocycles. The number of methoxy groups -OCH3 is 1. The zero-order valence-corrected chi connectivity index (χ0v) is 12.4. The van der Waals surface area contributed by atoms with Crippen molar-refractivity contribution < 1.29 is 17.5 Å². The minimum Gasteiger partial charge on any atom is -0.495 e. The molecule has 0 bridgehead atoms. The number of rotatable bonds is 4. The summed E-state index contributed by atoms with van der Waals surface area (Å²) in [6, 6.07) is 8.38. The summed E-state index contributed by atoms with van der Waals surface area (Å²) in [5.74, 6) is -0.531. The van der Waals surface area contributed by atoms with Crippen LogP contribution in [0.2, 0.25) is 0 Å². The number of nitrogen functional groups attached to an aromatic ring is 1. The van der Waals surface area contributed by atoms with Crippen molar-refractivity contribution in [3.05, 3.63) is 47.8 Å². The topological polar surface area (TPSA) is 81.4 Å². The quantitative estimate of drug-likeness (QED) is 0.850. The Hall–Kier alpha value is -2.28. The number of nitrogens with one attached hydrogen (secondary N) is 1. The first-order chi connectivity index (χ1) is 9.83. The van der Waals surface area contributed by atoms with Gasteiger partial charge in [-0.1, -0.05) is 6.07 Å². The van der Waals surface area contributed by atoms with Crippen LogP contribution in [0.25, 0.3) is 0 Å². The molecule has 112 valence electrons. The fraction of sp³-hybridized carbons (Fsp3) is 0.143. The molecule has 0 unspecified atom stereocenters. The van der Waals surface area contributed by atoms with Crippen molar-refractivity contribution in [2.24, 2.45) is 0 Å². The SMILES string of the molecule is COc1ccc(N)cc1S(=O)(=O)Nc1cc(C)ccc1F. The Kier molecular flexibility index (Phi) is 4.04. The predicted molar refractivity (Wildman–Crippen MR) is 79.4 cm³/mol. The highest BCUT2D eigenvalue weighted by Gasteiger charge is 2.21. The summed E-state index contributed by atoms with van der Waals surface area (Å²) in [6.45, 7) is 1.73. The van der Waals surface area contributed by atoms with Crippen LogP contribution in [-0.2, 0) is 10.0 Å². The summed E-state index contributed by atoms with van der Waals surface area (Å²) < 4.78 is 45.7. The van der Waals surface area contributed by atoms with E-state index in [1.807, 2.05) is 0 Å². The number of sulfonamides is 1. The third-order valence-electron chi connectivity index (χ3n) is 2.84. The van der Waals surface area contributed by atoms with Crippen LogP contribution in [0.4, 0.5) is 15.8 Å². The van der Waals surface area contributed by atoms with Crippen LogP contribution in [0.15, 0.2) is 41.3 Å². The van der Waals surface area contributed by atoms with E-state index in [0.29, 0.717) is 0 Å². The second-order valence-corrected chi connectivity index (χ2v) is 6.15. The Balaban J connectivity index is 2.48. The van der Waals surface area contributed by atoms with Crippen LogP contribution >= 0.6 is 0 Å². The van der Waals surface area contributed by atoms with E-state index in [4.69, 9.17) is 10.5 Å². The highest BCUT2D eigenvalue weighted by atomic mass is 32.2. The standard InChI is InChI=1S/C14H15FN2O3S/c1-9-3-5-11(15)12(7-9)17-21(18,19)14-8-10(16)4-6-13(14)20-2/h3-8,17H,16H2,1-2H3. The van der Waals surface area contributed by atoms with Crippen LogP contribution in [0, 0.1) is 12.7 Å². The van der Waals surface area contributed by atoms with Crippen molar-refractivity contribution in [3.63, 3.8) is 0 Å². The average Bonchev–Trinajstić information content (AvgIpc) is 2.42. The van der Waals surface area contributed by atoms with Crippen molar-refractivity contribution in [1.29, 1.82) is 0 Å². The Morgan fingerprint density at radius 2 is 1.90 bits per heavy atom. The molecule has 0 fully saturated rings. The molecule has 2 aromatic rings. The normalized spacial score (nSPS) is 11.2.